The van der Waals surface area contributed by atoms with E-state index >= 15 is 0 Å². The summed E-state index contributed by atoms with van der Waals surface area (Å²) >= 11 is 0. The lowest BCUT2D eigenvalue weighted by atomic mass is 9.54. The second-order valence-electron chi connectivity index (χ2n) is 9.08. The highest BCUT2D eigenvalue weighted by molar-refractivity contribution is 7.92. The van der Waals surface area contributed by atoms with Crippen LogP contribution in [0.4, 0.5) is 5.69 Å². The van der Waals surface area contributed by atoms with E-state index in [4.69, 9.17) is 0 Å². The number of allylic oxidation sites excluding steroid dienone is 2. The molecule has 0 bridgehead atoms. The number of anilines is 1. The first-order valence-corrected chi connectivity index (χ1v) is 13.0. The number of nitriles is 1. The number of aromatic nitrogens is 2. The minimum absolute atomic E-state index is 0.0152. The SMILES string of the molecule is C[C@@H]1C(=O)C(C#N)=C[C@]2(c3ccccc3)c3[nH]nc(-c4cccc(NS(C)(=O)=O)c4)c3CCC12. The van der Waals surface area contributed by atoms with Gasteiger partial charge in [-0.05, 0) is 42.5 Å². The molecule has 8 heteroatoms. The number of Topliss-reactive ketones (excluding diaryl/α,β-unsaturated/α-hetero) is 1. The lowest BCUT2D eigenvalue weighted by Gasteiger charge is -2.47. The number of rotatable bonds is 4. The van der Waals surface area contributed by atoms with Gasteiger partial charge in [-0.1, -0.05) is 49.4 Å². The van der Waals surface area contributed by atoms with Crippen LogP contribution in [0.1, 0.15) is 30.2 Å². The molecule has 0 saturated carbocycles. The largest absolute Gasteiger partial charge is 0.293 e. The van der Waals surface area contributed by atoms with E-state index in [9.17, 15) is 18.5 Å². The van der Waals surface area contributed by atoms with E-state index in [0.29, 0.717) is 5.69 Å². The highest BCUT2D eigenvalue weighted by Gasteiger charge is 2.53. The number of hydrogen-bond donors (Lipinski definition) is 2. The van der Waals surface area contributed by atoms with E-state index in [1.54, 1.807) is 18.2 Å². The van der Waals surface area contributed by atoms with Gasteiger partial charge in [0.2, 0.25) is 10.0 Å². The van der Waals surface area contributed by atoms with Gasteiger partial charge in [-0.3, -0.25) is 14.6 Å². The van der Waals surface area contributed by atoms with Crippen molar-refractivity contribution in [2.45, 2.75) is 25.2 Å². The maximum atomic E-state index is 12.9. The average molecular weight is 473 g/mol. The fourth-order valence-corrected chi connectivity index (χ4v) is 6.20. The maximum Gasteiger partial charge on any atom is 0.229 e. The first-order chi connectivity index (χ1) is 16.2. The molecule has 7 nitrogen and oxygen atoms in total. The lowest BCUT2D eigenvalue weighted by molar-refractivity contribution is -0.121. The quantitative estimate of drug-likeness (QED) is 0.596. The Morgan fingerprint density at radius 2 is 1.94 bits per heavy atom. The van der Waals surface area contributed by atoms with Crippen molar-refractivity contribution >= 4 is 21.5 Å². The molecule has 2 aliphatic rings. The first-order valence-electron chi connectivity index (χ1n) is 11.1. The molecule has 0 amide bonds. The molecule has 2 N–H and O–H groups in total. The standard InChI is InChI=1S/C26H24N4O3S/c1-16-22-12-11-21-23(17-7-6-10-20(13-17)30-34(2,32)33)28-29-25(21)26(22,14-18(15-27)24(16)31)19-8-4-3-5-9-19/h3-10,13-14,16,22,30H,11-12H2,1-2H3,(H,28,29)/t16-,22?,26+/m0/s1. The molecule has 0 spiro atoms. The molecule has 5 rings (SSSR count). The van der Waals surface area contributed by atoms with Crippen LogP contribution in [-0.2, 0) is 26.7 Å². The molecule has 1 aromatic heterocycles. The van der Waals surface area contributed by atoms with E-state index in [2.05, 4.69) is 21.0 Å². The van der Waals surface area contributed by atoms with Gasteiger partial charge in [0, 0.05) is 22.7 Å². The van der Waals surface area contributed by atoms with Gasteiger partial charge in [0.1, 0.15) is 6.07 Å². The zero-order valence-electron chi connectivity index (χ0n) is 18.9. The highest BCUT2D eigenvalue weighted by atomic mass is 32.2. The molecular formula is C26H24N4O3S. The maximum absolute atomic E-state index is 12.9. The number of benzene rings is 2. The fourth-order valence-electron chi connectivity index (χ4n) is 5.64. The van der Waals surface area contributed by atoms with Crippen LogP contribution in [0.3, 0.4) is 0 Å². The van der Waals surface area contributed by atoms with E-state index in [0.717, 1.165) is 47.2 Å². The van der Waals surface area contributed by atoms with Gasteiger partial charge in [0.25, 0.3) is 0 Å². The third-order valence-electron chi connectivity index (χ3n) is 7.04. The monoisotopic (exact) mass is 472 g/mol. The van der Waals surface area contributed by atoms with Crippen LogP contribution in [0.15, 0.2) is 66.2 Å². The van der Waals surface area contributed by atoms with Crippen LogP contribution in [0.5, 0.6) is 0 Å². The minimum atomic E-state index is -3.41. The molecule has 1 unspecified atom stereocenters. The lowest BCUT2D eigenvalue weighted by Crippen LogP contribution is -2.48. The number of fused-ring (bicyclic) bond motifs is 3. The van der Waals surface area contributed by atoms with E-state index < -0.39 is 15.4 Å². The van der Waals surface area contributed by atoms with Gasteiger partial charge in [0.05, 0.1) is 28.6 Å². The summed E-state index contributed by atoms with van der Waals surface area (Å²) < 4.78 is 25.9. The summed E-state index contributed by atoms with van der Waals surface area (Å²) in [5.74, 6) is -0.428. The molecule has 1 heterocycles. The van der Waals surface area contributed by atoms with Crippen LogP contribution in [0.2, 0.25) is 0 Å². The van der Waals surface area contributed by atoms with Gasteiger partial charge < -0.3 is 0 Å². The van der Waals surface area contributed by atoms with E-state index in [-0.39, 0.29) is 23.2 Å². The third kappa shape index (κ3) is 3.44. The van der Waals surface area contributed by atoms with Crippen molar-refractivity contribution in [1.82, 2.24) is 10.2 Å². The zero-order chi connectivity index (χ0) is 24.1. The van der Waals surface area contributed by atoms with Crippen LogP contribution < -0.4 is 4.72 Å². The molecule has 34 heavy (non-hydrogen) atoms. The van der Waals surface area contributed by atoms with Gasteiger partial charge >= 0.3 is 0 Å². The molecule has 0 saturated heterocycles. The van der Waals surface area contributed by atoms with Crippen LogP contribution >= 0.6 is 0 Å². The summed E-state index contributed by atoms with van der Waals surface area (Å²) in [6, 6.07) is 19.2. The molecule has 2 aliphatic carbocycles. The summed E-state index contributed by atoms with van der Waals surface area (Å²) in [6.07, 6.45) is 4.43. The van der Waals surface area contributed by atoms with Crippen LogP contribution in [0, 0.1) is 23.2 Å². The molecule has 0 fully saturated rings. The Morgan fingerprint density at radius 1 is 1.18 bits per heavy atom. The summed E-state index contributed by atoms with van der Waals surface area (Å²) in [7, 11) is -3.41. The second kappa shape index (κ2) is 7.96. The van der Waals surface area contributed by atoms with E-state index in [1.807, 2.05) is 49.4 Å². The molecule has 0 radical (unpaired) electrons. The van der Waals surface area contributed by atoms with Crippen molar-refractivity contribution in [1.29, 1.82) is 5.26 Å². The highest BCUT2D eigenvalue weighted by Crippen LogP contribution is 2.54. The Morgan fingerprint density at radius 3 is 2.65 bits per heavy atom. The number of nitrogens with zero attached hydrogens (tertiary/aromatic N) is 2. The van der Waals surface area contributed by atoms with Gasteiger partial charge in [-0.2, -0.15) is 10.4 Å². The third-order valence-corrected chi connectivity index (χ3v) is 7.64. The number of sulfonamides is 1. The molecule has 0 aliphatic heterocycles. The number of carbonyl (C=O) groups excluding carboxylic acids is 1. The Labute approximate surface area is 198 Å². The van der Waals surface area contributed by atoms with Crippen molar-refractivity contribution in [2.24, 2.45) is 11.8 Å². The Bertz CT molecular complexity index is 1470. The van der Waals surface area contributed by atoms with Gasteiger partial charge in [-0.25, -0.2) is 8.42 Å². The van der Waals surface area contributed by atoms with Gasteiger partial charge in [0.15, 0.2) is 5.78 Å². The average Bonchev–Trinajstić information content (AvgIpc) is 3.26. The Hall–Kier alpha value is -3.70. The first kappa shape index (κ1) is 22.1. The van der Waals surface area contributed by atoms with Crippen molar-refractivity contribution in [3.63, 3.8) is 0 Å². The number of carbonyl (C=O) groups is 1. The summed E-state index contributed by atoms with van der Waals surface area (Å²) in [6.45, 7) is 1.91. The Kier molecular flexibility index (Phi) is 5.18. The predicted molar refractivity (Wildman–Crippen MR) is 129 cm³/mol. The number of ketones is 1. The number of nitrogens with one attached hydrogen (secondary N) is 2. The molecule has 2 aromatic carbocycles. The van der Waals surface area contributed by atoms with Crippen LogP contribution in [0.25, 0.3) is 11.3 Å². The molecule has 3 atom stereocenters. The normalized spacial score (nSPS) is 23.9. The zero-order valence-corrected chi connectivity index (χ0v) is 19.7. The Balaban J connectivity index is 1.72. The van der Waals surface area contributed by atoms with Crippen molar-refractivity contribution < 1.29 is 13.2 Å². The van der Waals surface area contributed by atoms with Gasteiger partial charge in [-0.15, -0.1) is 0 Å². The topological polar surface area (TPSA) is 116 Å². The van der Waals surface area contributed by atoms with Crippen molar-refractivity contribution in [3.05, 3.63) is 83.1 Å². The summed E-state index contributed by atoms with van der Waals surface area (Å²) in [5, 5.41) is 17.7. The smallest absolute Gasteiger partial charge is 0.229 e. The predicted octanol–water partition coefficient (Wildman–Crippen LogP) is 3.97. The number of H-pyrrole nitrogens is 1. The van der Waals surface area contributed by atoms with Crippen molar-refractivity contribution in [3.8, 4) is 17.3 Å². The minimum Gasteiger partial charge on any atom is -0.293 e. The number of hydrogen-bond acceptors (Lipinski definition) is 5. The second-order valence-corrected chi connectivity index (χ2v) is 10.8. The summed E-state index contributed by atoms with van der Waals surface area (Å²) in [5.41, 5.74) is 4.42. The molecule has 3 aromatic rings. The van der Waals surface area contributed by atoms with Crippen LogP contribution in [-0.4, -0.2) is 30.7 Å². The fraction of sp³-hybridized carbons (Fsp3) is 0.269. The molecule has 172 valence electrons. The summed E-state index contributed by atoms with van der Waals surface area (Å²) in [4.78, 5) is 12.9. The van der Waals surface area contributed by atoms with E-state index in [1.165, 1.54) is 0 Å². The van der Waals surface area contributed by atoms with Crippen molar-refractivity contribution in [2.75, 3.05) is 11.0 Å². The number of aromatic amines is 1. The molecular weight excluding hydrogens is 448 g/mol.